The van der Waals surface area contributed by atoms with Crippen LogP contribution in [0.2, 0.25) is 0 Å². The van der Waals surface area contributed by atoms with Crippen LogP contribution in [-0.4, -0.2) is 38.1 Å². The molecule has 0 aromatic rings. The lowest BCUT2D eigenvalue weighted by atomic mass is 9.98. The Balaban J connectivity index is 2.11. The SMILES string of the molecule is CN1CCCC(CNCC#N)C1. The van der Waals surface area contributed by atoms with Crippen molar-refractivity contribution < 1.29 is 0 Å². The minimum Gasteiger partial charge on any atom is -0.306 e. The Morgan fingerprint density at radius 2 is 2.50 bits per heavy atom. The van der Waals surface area contributed by atoms with Gasteiger partial charge in [0.05, 0.1) is 12.6 Å². The molecule has 1 aliphatic rings. The van der Waals surface area contributed by atoms with E-state index in [0.29, 0.717) is 6.54 Å². The molecule has 1 N–H and O–H groups in total. The zero-order valence-electron chi connectivity index (χ0n) is 7.71. The molecular weight excluding hydrogens is 150 g/mol. The fourth-order valence-corrected chi connectivity index (χ4v) is 1.77. The van der Waals surface area contributed by atoms with Gasteiger partial charge in [-0.1, -0.05) is 0 Å². The smallest absolute Gasteiger partial charge is 0.0841 e. The van der Waals surface area contributed by atoms with E-state index in [1.165, 1.54) is 25.9 Å². The van der Waals surface area contributed by atoms with Crippen molar-refractivity contribution in [2.45, 2.75) is 12.8 Å². The van der Waals surface area contributed by atoms with Crippen molar-refractivity contribution >= 4 is 0 Å². The molecule has 0 saturated carbocycles. The number of nitrogens with zero attached hydrogens (tertiary/aromatic N) is 2. The molecule has 1 aliphatic heterocycles. The molecule has 0 aromatic heterocycles. The fourth-order valence-electron chi connectivity index (χ4n) is 1.77. The second-order valence-corrected chi connectivity index (χ2v) is 3.56. The van der Waals surface area contributed by atoms with Gasteiger partial charge in [0.2, 0.25) is 0 Å². The summed E-state index contributed by atoms with van der Waals surface area (Å²) in [6.45, 7) is 3.89. The molecular formula is C9H17N3. The minimum atomic E-state index is 0.486. The highest BCUT2D eigenvalue weighted by molar-refractivity contribution is 4.77. The molecule has 1 heterocycles. The lowest BCUT2D eigenvalue weighted by Crippen LogP contribution is -2.37. The van der Waals surface area contributed by atoms with Crippen LogP contribution < -0.4 is 5.32 Å². The van der Waals surface area contributed by atoms with E-state index in [1.807, 2.05) is 0 Å². The summed E-state index contributed by atoms with van der Waals surface area (Å²) in [6.07, 6.45) is 2.61. The molecule has 1 fully saturated rings. The van der Waals surface area contributed by atoms with Crippen molar-refractivity contribution in [3.63, 3.8) is 0 Å². The van der Waals surface area contributed by atoms with Crippen molar-refractivity contribution in [1.29, 1.82) is 5.26 Å². The van der Waals surface area contributed by atoms with Crippen LogP contribution in [-0.2, 0) is 0 Å². The summed E-state index contributed by atoms with van der Waals surface area (Å²) in [5.41, 5.74) is 0. The third kappa shape index (κ3) is 3.21. The van der Waals surface area contributed by atoms with Crippen LogP contribution >= 0.6 is 0 Å². The molecule has 0 radical (unpaired) electrons. The summed E-state index contributed by atoms with van der Waals surface area (Å²) in [5, 5.41) is 11.5. The molecule has 12 heavy (non-hydrogen) atoms. The van der Waals surface area contributed by atoms with Crippen LogP contribution in [0.3, 0.4) is 0 Å². The van der Waals surface area contributed by atoms with E-state index < -0.39 is 0 Å². The summed E-state index contributed by atoms with van der Waals surface area (Å²) in [4.78, 5) is 2.36. The third-order valence-electron chi connectivity index (χ3n) is 2.36. The maximum atomic E-state index is 8.32. The highest BCUT2D eigenvalue weighted by Crippen LogP contribution is 2.13. The lowest BCUT2D eigenvalue weighted by Gasteiger charge is -2.29. The first-order valence-corrected chi connectivity index (χ1v) is 4.59. The second-order valence-electron chi connectivity index (χ2n) is 3.56. The standard InChI is InChI=1S/C9H17N3/c1-12-6-2-3-9(8-12)7-11-5-4-10/h9,11H,2-3,5-8H2,1H3. The van der Waals surface area contributed by atoms with E-state index in [0.717, 1.165) is 12.5 Å². The summed E-state index contributed by atoms with van der Waals surface area (Å²) in [6, 6.07) is 2.09. The van der Waals surface area contributed by atoms with Crippen molar-refractivity contribution in [3.05, 3.63) is 0 Å². The number of hydrogen-bond donors (Lipinski definition) is 1. The van der Waals surface area contributed by atoms with Gasteiger partial charge < -0.3 is 10.2 Å². The summed E-state index contributed by atoms with van der Waals surface area (Å²) >= 11 is 0. The molecule has 3 nitrogen and oxygen atoms in total. The number of nitriles is 1. The van der Waals surface area contributed by atoms with Crippen LogP contribution in [0.25, 0.3) is 0 Å². The van der Waals surface area contributed by atoms with Crippen LogP contribution in [0, 0.1) is 17.2 Å². The Hall–Kier alpha value is -0.590. The number of piperidine rings is 1. The normalized spacial score (nSPS) is 25.2. The van der Waals surface area contributed by atoms with Crippen LogP contribution in [0.4, 0.5) is 0 Å². The molecule has 1 atom stereocenters. The molecule has 0 aromatic carbocycles. The van der Waals surface area contributed by atoms with Gasteiger partial charge in [-0.05, 0) is 32.4 Å². The minimum absolute atomic E-state index is 0.486. The van der Waals surface area contributed by atoms with Crippen LogP contribution in [0.15, 0.2) is 0 Å². The molecule has 1 saturated heterocycles. The van der Waals surface area contributed by atoms with Crippen LogP contribution in [0.5, 0.6) is 0 Å². The molecule has 0 bridgehead atoms. The number of nitrogens with one attached hydrogen (secondary N) is 1. The molecule has 0 aliphatic carbocycles. The zero-order valence-corrected chi connectivity index (χ0v) is 7.71. The molecule has 0 amide bonds. The van der Waals surface area contributed by atoms with Gasteiger partial charge in [-0.3, -0.25) is 0 Å². The van der Waals surface area contributed by atoms with Gasteiger partial charge in [0, 0.05) is 13.1 Å². The van der Waals surface area contributed by atoms with E-state index in [-0.39, 0.29) is 0 Å². The Morgan fingerprint density at radius 3 is 3.17 bits per heavy atom. The van der Waals surface area contributed by atoms with E-state index in [9.17, 15) is 0 Å². The first kappa shape index (κ1) is 9.50. The van der Waals surface area contributed by atoms with E-state index in [2.05, 4.69) is 23.3 Å². The monoisotopic (exact) mass is 167 g/mol. The fraction of sp³-hybridized carbons (Fsp3) is 0.889. The Labute approximate surface area is 74.4 Å². The quantitative estimate of drug-likeness (QED) is 0.490. The lowest BCUT2D eigenvalue weighted by molar-refractivity contribution is 0.207. The van der Waals surface area contributed by atoms with Gasteiger partial charge >= 0.3 is 0 Å². The van der Waals surface area contributed by atoms with Crippen molar-refractivity contribution in [1.82, 2.24) is 10.2 Å². The summed E-state index contributed by atoms with van der Waals surface area (Å²) in [7, 11) is 2.16. The van der Waals surface area contributed by atoms with Gasteiger partial charge in [-0.15, -0.1) is 0 Å². The van der Waals surface area contributed by atoms with Gasteiger partial charge in [0.1, 0.15) is 0 Å². The van der Waals surface area contributed by atoms with E-state index >= 15 is 0 Å². The highest BCUT2D eigenvalue weighted by Gasteiger charge is 2.15. The molecule has 3 heteroatoms. The Kier molecular flexibility index (Phi) is 4.06. The molecule has 1 unspecified atom stereocenters. The van der Waals surface area contributed by atoms with Crippen molar-refractivity contribution in [2.75, 3.05) is 33.2 Å². The maximum absolute atomic E-state index is 8.32. The maximum Gasteiger partial charge on any atom is 0.0841 e. The predicted molar refractivity (Wildman–Crippen MR) is 48.7 cm³/mol. The zero-order chi connectivity index (χ0) is 8.81. The largest absolute Gasteiger partial charge is 0.306 e. The summed E-state index contributed by atoms with van der Waals surface area (Å²) < 4.78 is 0. The first-order valence-electron chi connectivity index (χ1n) is 4.59. The van der Waals surface area contributed by atoms with Crippen molar-refractivity contribution in [3.8, 4) is 6.07 Å². The predicted octanol–water partition coefficient (Wildman–Crippen LogP) is 0.441. The van der Waals surface area contributed by atoms with Crippen LogP contribution in [0.1, 0.15) is 12.8 Å². The van der Waals surface area contributed by atoms with Crippen molar-refractivity contribution in [2.24, 2.45) is 5.92 Å². The second kappa shape index (κ2) is 5.13. The van der Waals surface area contributed by atoms with Gasteiger partial charge in [0.15, 0.2) is 0 Å². The number of likely N-dealkylation sites (tertiary alicyclic amines) is 1. The van der Waals surface area contributed by atoms with Gasteiger partial charge in [-0.2, -0.15) is 5.26 Å². The van der Waals surface area contributed by atoms with Gasteiger partial charge in [-0.25, -0.2) is 0 Å². The topological polar surface area (TPSA) is 39.1 Å². The Morgan fingerprint density at radius 1 is 1.67 bits per heavy atom. The van der Waals surface area contributed by atoms with Gasteiger partial charge in [0.25, 0.3) is 0 Å². The van der Waals surface area contributed by atoms with E-state index in [1.54, 1.807) is 0 Å². The summed E-state index contributed by atoms with van der Waals surface area (Å²) in [5.74, 6) is 0.747. The highest BCUT2D eigenvalue weighted by atomic mass is 15.1. The third-order valence-corrected chi connectivity index (χ3v) is 2.36. The average molecular weight is 167 g/mol. The number of rotatable bonds is 3. The first-order chi connectivity index (χ1) is 5.83. The number of hydrogen-bond acceptors (Lipinski definition) is 3. The average Bonchev–Trinajstić information content (AvgIpc) is 2.05. The Bertz CT molecular complexity index is 162. The molecule has 68 valence electrons. The van der Waals surface area contributed by atoms with E-state index in [4.69, 9.17) is 5.26 Å². The molecule has 0 spiro atoms. The molecule has 1 rings (SSSR count).